The second kappa shape index (κ2) is 20.5. The maximum absolute atomic E-state index is 14.1. The number of fused-ring (bicyclic) bond motifs is 4. The topological polar surface area (TPSA) is 192 Å². The van der Waals surface area contributed by atoms with Crippen LogP contribution >= 0.6 is 11.3 Å². The molecule has 1 unspecified atom stereocenters. The Balaban J connectivity index is 0.780. The zero-order valence-corrected chi connectivity index (χ0v) is 42.4. The smallest absolute Gasteiger partial charge is 0.246 e. The first-order chi connectivity index (χ1) is 33.4. The number of aromatic nitrogens is 2. The number of nitrogens with zero attached hydrogens (tertiary/aromatic N) is 5. The molecule has 4 amide bonds. The third-order valence-corrected chi connectivity index (χ3v) is 15.5. The highest BCUT2D eigenvalue weighted by Crippen LogP contribution is 2.46. The Labute approximate surface area is 414 Å². The number of ketones is 1. The summed E-state index contributed by atoms with van der Waals surface area (Å²) in [6.45, 7) is 16.8. The van der Waals surface area contributed by atoms with Crippen molar-refractivity contribution in [2.45, 2.75) is 130 Å². The molecule has 0 radical (unpaired) electrons. The van der Waals surface area contributed by atoms with Gasteiger partial charge in [0.05, 0.1) is 39.4 Å². The van der Waals surface area contributed by atoms with Gasteiger partial charge in [-0.25, -0.2) is 4.98 Å². The molecule has 8 rings (SSSR count). The Bertz CT molecular complexity index is 2840. The molecule has 5 aromatic rings. The number of likely N-dealkylation sites (tertiary alicyclic amines) is 1. The van der Waals surface area contributed by atoms with Gasteiger partial charge in [-0.3, -0.25) is 24.0 Å². The van der Waals surface area contributed by atoms with E-state index < -0.39 is 34.9 Å². The first kappa shape index (κ1) is 50.0. The summed E-state index contributed by atoms with van der Waals surface area (Å²) >= 11 is 1.58. The van der Waals surface area contributed by atoms with Crippen molar-refractivity contribution in [3.63, 3.8) is 0 Å². The van der Waals surface area contributed by atoms with Crippen LogP contribution in [0.1, 0.15) is 136 Å². The van der Waals surface area contributed by atoms with Crippen LogP contribution in [0.25, 0.3) is 21.3 Å². The second-order valence-electron chi connectivity index (χ2n) is 20.8. The lowest BCUT2D eigenvalue weighted by atomic mass is 9.70. The number of aromatic amines is 1. The number of aliphatic hydroxyl groups is 1. The number of H-pyrrole nitrogens is 1. The van der Waals surface area contributed by atoms with Crippen LogP contribution < -0.4 is 15.5 Å². The van der Waals surface area contributed by atoms with Gasteiger partial charge in [-0.2, -0.15) is 5.26 Å². The monoisotopic (exact) mass is 966 g/mol. The van der Waals surface area contributed by atoms with Crippen molar-refractivity contribution in [2.75, 3.05) is 37.6 Å². The van der Waals surface area contributed by atoms with Gasteiger partial charge >= 0.3 is 0 Å². The minimum atomic E-state index is -0.896. The molecular formula is C55H66N8O6S. The lowest BCUT2D eigenvalue weighted by Crippen LogP contribution is -2.57. The molecule has 0 saturated carbocycles. The summed E-state index contributed by atoms with van der Waals surface area (Å²) < 4.78 is 0. The molecule has 2 aliphatic heterocycles. The molecule has 368 valence electrons. The number of nitrogens with one attached hydrogen (secondary N) is 3. The molecule has 4 N–H and O–H groups in total. The Morgan fingerprint density at radius 3 is 2.36 bits per heavy atom. The molecule has 3 aromatic carbocycles. The van der Waals surface area contributed by atoms with Crippen molar-refractivity contribution >= 4 is 57.3 Å². The normalized spacial score (nSPS) is 18.0. The van der Waals surface area contributed by atoms with Gasteiger partial charge in [0.15, 0.2) is 5.78 Å². The number of carbonyl (C=O) groups excluding carboxylic acids is 5. The zero-order valence-electron chi connectivity index (χ0n) is 41.5. The Morgan fingerprint density at radius 1 is 0.986 bits per heavy atom. The van der Waals surface area contributed by atoms with Crippen molar-refractivity contribution in [1.29, 1.82) is 5.26 Å². The molecule has 14 nitrogen and oxygen atoms in total. The van der Waals surface area contributed by atoms with E-state index >= 15 is 0 Å². The standard InChI is InChI=1S/C55H66N8O6S/c1-8-36-26-40-41(55(6,7)50-47(48(40)67)39-20-17-35(29-56)25-42(39)59-50)28-43(36)61-21-23-62(24-22-61)46(66)14-12-10-9-11-13-45(65)60-51(54(3,4)5)53(69)63-31-38(64)27-44(63)52(68)57-30-34-15-18-37(19-16-34)49-33(2)58-32-70-49/h15-20,25-26,28,32,38,44,51,59,64H,8-14,21-24,27,30-31H2,1-7H3,(H,57,68)(H,60,65)/t38-,44+,51?/m1/s1. The SMILES string of the molecule is CCc1cc2c(cc1N1CCN(C(=O)CCCCCCC(=O)NC(C(=O)N3C[C@H](O)C[C@H]3C(=O)NCc3ccc(-c4scnc4C)cc3)C(C)(C)C)CC1)C(C)(C)c1[nH]c3cc(C#N)ccc3c1C2=O. The van der Waals surface area contributed by atoms with E-state index in [1.807, 2.05) is 68.4 Å². The minimum absolute atomic E-state index is 0.00379. The number of anilines is 1. The highest BCUT2D eigenvalue weighted by molar-refractivity contribution is 7.13. The van der Waals surface area contributed by atoms with E-state index in [0.717, 1.165) is 79.9 Å². The molecule has 3 atom stereocenters. The molecule has 70 heavy (non-hydrogen) atoms. The van der Waals surface area contributed by atoms with Crippen LogP contribution in [0.15, 0.2) is 60.1 Å². The summed E-state index contributed by atoms with van der Waals surface area (Å²) in [5.41, 5.74) is 10.4. The van der Waals surface area contributed by atoms with Crippen molar-refractivity contribution in [2.24, 2.45) is 5.41 Å². The maximum Gasteiger partial charge on any atom is 0.246 e. The van der Waals surface area contributed by atoms with E-state index in [-0.39, 0.29) is 49.4 Å². The number of β-amino-alcohol motifs (C(OH)–C–C–N with tert-alkyl or cyclic N) is 1. The number of hydrogen-bond acceptors (Lipinski definition) is 10. The molecule has 2 saturated heterocycles. The molecule has 3 aliphatic rings. The van der Waals surface area contributed by atoms with E-state index in [4.69, 9.17) is 0 Å². The maximum atomic E-state index is 14.1. The van der Waals surface area contributed by atoms with E-state index in [1.54, 1.807) is 23.5 Å². The van der Waals surface area contributed by atoms with E-state index in [2.05, 4.69) is 64.5 Å². The number of unbranched alkanes of at least 4 members (excludes halogenated alkanes) is 3. The molecule has 0 bridgehead atoms. The van der Waals surface area contributed by atoms with Gasteiger partial charge in [0.2, 0.25) is 23.6 Å². The summed E-state index contributed by atoms with van der Waals surface area (Å²) in [6, 6.07) is 18.0. The molecule has 4 heterocycles. The predicted molar refractivity (Wildman–Crippen MR) is 273 cm³/mol. The summed E-state index contributed by atoms with van der Waals surface area (Å²) in [6.07, 6.45) is 3.54. The lowest BCUT2D eigenvalue weighted by molar-refractivity contribution is -0.144. The number of carbonyl (C=O) groups is 5. The summed E-state index contributed by atoms with van der Waals surface area (Å²) in [4.78, 5) is 83.0. The summed E-state index contributed by atoms with van der Waals surface area (Å²) in [7, 11) is 0. The number of aryl methyl sites for hydroxylation is 2. The van der Waals surface area contributed by atoms with Crippen LogP contribution in [0, 0.1) is 23.7 Å². The Morgan fingerprint density at radius 2 is 1.70 bits per heavy atom. The lowest BCUT2D eigenvalue weighted by Gasteiger charge is -2.39. The number of amides is 4. The third kappa shape index (κ3) is 10.3. The van der Waals surface area contributed by atoms with Crippen LogP contribution in [0.5, 0.6) is 0 Å². The van der Waals surface area contributed by atoms with Crippen molar-refractivity contribution in [3.8, 4) is 16.5 Å². The summed E-state index contributed by atoms with van der Waals surface area (Å²) in [5.74, 6) is -0.875. The Hall–Kier alpha value is -6.37. The van der Waals surface area contributed by atoms with Crippen LogP contribution in [0.3, 0.4) is 0 Å². The van der Waals surface area contributed by atoms with E-state index in [0.29, 0.717) is 56.6 Å². The third-order valence-electron chi connectivity index (χ3n) is 14.5. The van der Waals surface area contributed by atoms with E-state index in [9.17, 15) is 34.3 Å². The molecule has 2 aromatic heterocycles. The average Bonchev–Trinajstić information content (AvgIpc) is 4.08. The molecule has 0 spiro atoms. The van der Waals surface area contributed by atoms with E-state index in [1.165, 1.54) is 4.90 Å². The molecule has 15 heteroatoms. The highest BCUT2D eigenvalue weighted by Gasteiger charge is 2.45. The van der Waals surface area contributed by atoms with Gasteiger partial charge in [-0.15, -0.1) is 11.3 Å². The molecule has 2 fully saturated rings. The number of benzene rings is 3. The number of nitriles is 1. The first-order valence-electron chi connectivity index (χ1n) is 24.8. The zero-order chi connectivity index (χ0) is 50.1. The van der Waals surface area contributed by atoms with Gasteiger partial charge in [-0.1, -0.05) is 84.7 Å². The highest BCUT2D eigenvalue weighted by atomic mass is 32.1. The fourth-order valence-corrected chi connectivity index (χ4v) is 11.3. The number of aliphatic hydroxyl groups excluding tert-OH is 1. The van der Waals surface area contributed by atoms with Crippen molar-refractivity contribution < 1.29 is 29.1 Å². The van der Waals surface area contributed by atoms with Crippen molar-refractivity contribution in [1.82, 2.24) is 30.4 Å². The minimum Gasteiger partial charge on any atom is -0.391 e. The summed E-state index contributed by atoms with van der Waals surface area (Å²) in [5, 5.41) is 26.9. The fraction of sp³-hybridized carbons (Fsp3) is 0.473. The quantitative estimate of drug-likeness (QED) is 0.0762. The number of piperazine rings is 1. The number of thiazole rings is 1. The van der Waals surface area contributed by atoms with Gasteiger partial charge in [-0.05, 0) is 78.1 Å². The van der Waals surface area contributed by atoms with Crippen LogP contribution in [-0.4, -0.2) is 105 Å². The number of rotatable bonds is 15. The van der Waals surface area contributed by atoms with Gasteiger partial charge in [0.25, 0.3) is 0 Å². The van der Waals surface area contributed by atoms with Gasteiger partial charge in [0.1, 0.15) is 12.1 Å². The predicted octanol–water partition coefficient (Wildman–Crippen LogP) is 7.70. The van der Waals surface area contributed by atoms with Gasteiger partial charge in [0, 0.05) is 91.8 Å². The largest absolute Gasteiger partial charge is 0.391 e. The Kier molecular flexibility index (Phi) is 14.7. The van der Waals surface area contributed by atoms with Crippen LogP contribution in [0.4, 0.5) is 5.69 Å². The van der Waals surface area contributed by atoms with Crippen LogP contribution in [-0.2, 0) is 37.6 Å². The molecule has 1 aliphatic carbocycles. The first-order valence-corrected chi connectivity index (χ1v) is 25.6. The second-order valence-corrected chi connectivity index (χ2v) is 21.7. The average molecular weight is 967 g/mol. The van der Waals surface area contributed by atoms with Gasteiger partial charge < -0.3 is 35.4 Å². The number of hydrogen-bond donors (Lipinski definition) is 4. The van der Waals surface area contributed by atoms with Crippen molar-refractivity contribution in [3.05, 3.63) is 105 Å². The van der Waals surface area contributed by atoms with Crippen LogP contribution in [0.2, 0.25) is 0 Å². The molecular weight excluding hydrogens is 901 g/mol. The fourth-order valence-electron chi connectivity index (χ4n) is 10.4.